The number of aryl methyl sites for hydroxylation is 2. The van der Waals surface area contributed by atoms with E-state index in [1.165, 1.54) is 0 Å². The lowest BCUT2D eigenvalue weighted by Crippen LogP contribution is -2.27. The van der Waals surface area contributed by atoms with Gasteiger partial charge in [-0.1, -0.05) is 11.6 Å². The fourth-order valence-electron chi connectivity index (χ4n) is 2.81. The molecule has 1 aliphatic rings. The predicted molar refractivity (Wildman–Crippen MR) is 94.5 cm³/mol. The molecule has 0 amide bonds. The van der Waals surface area contributed by atoms with Crippen LogP contribution in [0.1, 0.15) is 37.1 Å². The molecule has 0 bridgehead atoms. The number of pyridine rings is 1. The molecule has 1 atom stereocenters. The second-order valence-corrected chi connectivity index (χ2v) is 6.66. The topological polar surface area (TPSA) is 69.0 Å². The molecule has 0 radical (unpaired) electrons. The Labute approximate surface area is 145 Å². The molecule has 0 spiro atoms. The molecule has 1 N–H and O–H groups in total. The number of halogens is 1. The van der Waals surface area contributed by atoms with Gasteiger partial charge >= 0.3 is 0 Å². The Morgan fingerprint density at radius 2 is 2.08 bits per heavy atom. The standard InChI is InChI=1S/C17H21ClN4O2/c1-9-7-13(10(2)19-16(9)24-4)20-15-17(23)22(8-14(18)21-15)11(3)12-5-6-12/h7-8,11-12H,5-6H2,1-4H3,(H,20,21)/t11-/m0/s1. The minimum atomic E-state index is -0.174. The molecule has 2 heterocycles. The average Bonchev–Trinajstić information content (AvgIpc) is 3.37. The van der Waals surface area contributed by atoms with Gasteiger partial charge in [-0.15, -0.1) is 0 Å². The summed E-state index contributed by atoms with van der Waals surface area (Å²) >= 11 is 6.13. The Kier molecular flexibility index (Phi) is 4.49. The number of aromatic nitrogens is 3. The Morgan fingerprint density at radius 1 is 1.38 bits per heavy atom. The van der Waals surface area contributed by atoms with Crippen LogP contribution in [0.2, 0.25) is 5.15 Å². The van der Waals surface area contributed by atoms with Crippen molar-refractivity contribution >= 4 is 23.1 Å². The maximum absolute atomic E-state index is 12.8. The summed E-state index contributed by atoms with van der Waals surface area (Å²) in [4.78, 5) is 21.3. The highest BCUT2D eigenvalue weighted by Crippen LogP contribution is 2.39. The van der Waals surface area contributed by atoms with Crippen molar-refractivity contribution in [2.24, 2.45) is 5.92 Å². The third-order valence-electron chi connectivity index (χ3n) is 4.45. The van der Waals surface area contributed by atoms with E-state index >= 15 is 0 Å². The van der Waals surface area contributed by atoms with Crippen LogP contribution in [0.3, 0.4) is 0 Å². The van der Waals surface area contributed by atoms with Crippen LogP contribution in [0.5, 0.6) is 5.88 Å². The number of methoxy groups -OCH3 is 1. The molecule has 0 aromatic carbocycles. The highest BCUT2D eigenvalue weighted by atomic mass is 35.5. The molecular formula is C17H21ClN4O2. The van der Waals surface area contributed by atoms with Crippen LogP contribution in [-0.4, -0.2) is 21.6 Å². The van der Waals surface area contributed by atoms with E-state index in [9.17, 15) is 4.79 Å². The summed E-state index contributed by atoms with van der Waals surface area (Å²) < 4.78 is 6.89. The van der Waals surface area contributed by atoms with Gasteiger partial charge in [0.25, 0.3) is 5.56 Å². The molecule has 3 rings (SSSR count). The molecule has 128 valence electrons. The van der Waals surface area contributed by atoms with Crippen molar-refractivity contribution in [3.05, 3.63) is 39.0 Å². The van der Waals surface area contributed by atoms with E-state index in [1.54, 1.807) is 17.9 Å². The summed E-state index contributed by atoms with van der Waals surface area (Å²) in [5, 5.41) is 3.37. The summed E-state index contributed by atoms with van der Waals surface area (Å²) in [5.41, 5.74) is 2.14. The number of rotatable bonds is 5. The Balaban J connectivity index is 1.98. The largest absolute Gasteiger partial charge is 0.481 e. The zero-order valence-electron chi connectivity index (χ0n) is 14.3. The van der Waals surface area contributed by atoms with Crippen molar-refractivity contribution in [3.63, 3.8) is 0 Å². The summed E-state index contributed by atoms with van der Waals surface area (Å²) in [6.07, 6.45) is 3.91. The van der Waals surface area contributed by atoms with Crippen LogP contribution in [0.15, 0.2) is 17.1 Å². The summed E-state index contributed by atoms with van der Waals surface area (Å²) in [6.45, 7) is 5.79. The summed E-state index contributed by atoms with van der Waals surface area (Å²) in [7, 11) is 1.58. The highest BCUT2D eigenvalue weighted by Gasteiger charge is 2.30. The molecule has 0 aliphatic heterocycles. The number of nitrogens with one attached hydrogen (secondary N) is 1. The van der Waals surface area contributed by atoms with E-state index in [1.807, 2.05) is 26.8 Å². The predicted octanol–water partition coefficient (Wildman–Crippen LogP) is 3.63. The fourth-order valence-corrected chi connectivity index (χ4v) is 3.00. The smallest absolute Gasteiger partial charge is 0.294 e. The van der Waals surface area contributed by atoms with E-state index in [-0.39, 0.29) is 17.4 Å². The van der Waals surface area contributed by atoms with Gasteiger partial charge in [0.1, 0.15) is 5.15 Å². The maximum atomic E-state index is 12.8. The highest BCUT2D eigenvalue weighted by molar-refractivity contribution is 6.29. The minimum Gasteiger partial charge on any atom is -0.481 e. The van der Waals surface area contributed by atoms with E-state index in [0.717, 1.165) is 24.1 Å². The molecule has 2 aromatic heterocycles. The van der Waals surface area contributed by atoms with Crippen LogP contribution < -0.4 is 15.6 Å². The first-order chi connectivity index (χ1) is 11.4. The van der Waals surface area contributed by atoms with Crippen LogP contribution in [-0.2, 0) is 0 Å². The second-order valence-electron chi connectivity index (χ2n) is 6.28. The Bertz CT molecular complexity index is 830. The van der Waals surface area contributed by atoms with E-state index in [2.05, 4.69) is 15.3 Å². The van der Waals surface area contributed by atoms with Crippen molar-refractivity contribution in [3.8, 4) is 5.88 Å². The van der Waals surface area contributed by atoms with Crippen molar-refractivity contribution < 1.29 is 4.74 Å². The minimum absolute atomic E-state index is 0.121. The van der Waals surface area contributed by atoms with Crippen LogP contribution in [0.4, 0.5) is 11.5 Å². The van der Waals surface area contributed by atoms with Gasteiger partial charge in [-0.2, -0.15) is 0 Å². The Morgan fingerprint density at radius 3 is 2.71 bits per heavy atom. The molecular weight excluding hydrogens is 328 g/mol. The number of nitrogens with zero attached hydrogens (tertiary/aromatic N) is 3. The van der Waals surface area contributed by atoms with Crippen LogP contribution in [0.25, 0.3) is 0 Å². The second kappa shape index (κ2) is 6.43. The third kappa shape index (κ3) is 3.24. The maximum Gasteiger partial charge on any atom is 0.294 e. The van der Waals surface area contributed by atoms with Crippen molar-refractivity contribution in [2.45, 2.75) is 39.7 Å². The van der Waals surface area contributed by atoms with Gasteiger partial charge in [0.2, 0.25) is 5.88 Å². The zero-order chi connectivity index (χ0) is 17.4. The first-order valence-electron chi connectivity index (χ1n) is 7.98. The van der Waals surface area contributed by atoms with Gasteiger partial charge in [0.15, 0.2) is 5.82 Å². The first-order valence-corrected chi connectivity index (χ1v) is 8.36. The number of anilines is 2. The van der Waals surface area contributed by atoms with Gasteiger partial charge < -0.3 is 14.6 Å². The number of hydrogen-bond acceptors (Lipinski definition) is 5. The van der Waals surface area contributed by atoms with Gasteiger partial charge in [-0.05, 0) is 45.6 Å². The lowest BCUT2D eigenvalue weighted by Gasteiger charge is -2.17. The van der Waals surface area contributed by atoms with Crippen molar-refractivity contribution in [1.82, 2.24) is 14.5 Å². The molecule has 2 aromatic rings. The zero-order valence-corrected chi connectivity index (χ0v) is 15.0. The van der Waals surface area contributed by atoms with Gasteiger partial charge in [-0.25, -0.2) is 9.97 Å². The summed E-state index contributed by atoms with van der Waals surface area (Å²) in [5.74, 6) is 1.32. The third-order valence-corrected chi connectivity index (χ3v) is 4.63. The van der Waals surface area contributed by atoms with E-state index in [4.69, 9.17) is 16.3 Å². The fraction of sp³-hybridized carbons (Fsp3) is 0.471. The Hall–Kier alpha value is -2.08. The van der Waals surface area contributed by atoms with Crippen LogP contribution >= 0.6 is 11.6 Å². The normalized spacial score (nSPS) is 15.2. The molecule has 7 heteroatoms. The average molecular weight is 349 g/mol. The van der Waals surface area contributed by atoms with Gasteiger partial charge in [-0.3, -0.25) is 4.79 Å². The summed E-state index contributed by atoms with van der Waals surface area (Å²) in [6, 6.07) is 2.01. The monoisotopic (exact) mass is 348 g/mol. The number of hydrogen-bond donors (Lipinski definition) is 1. The molecule has 1 aliphatic carbocycles. The van der Waals surface area contributed by atoms with Gasteiger partial charge in [0, 0.05) is 17.8 Å². The lowest BCUT2D eigenvalue weighted by atomic mass is 10.2. The van der Waals surface area contributed by atoms with Crippen LogP contribution in [0, 0.1) is 19.8 Å². The molecule has 0 unspecified atom stereocenters. The number of ether oxygens (including phenoxy) is 1. The van der Waals surface area contributed by atoms with Crippen molar-refractivity contribution in [1.29, 1.82) is 0 Å². The molecule has 24 heavy (non-hydrogen) atoms. The van der Waals surface area contributed by atoms with E-state index in [0.29, 0.717) is 22.6 Å². The quantitative estimate of drug-likeness (QED) is 0.893. The molecule has 0 saturated heterocycles. The molecule has 1 saturated carbocycles. The molecule has 1 fully saturated rings. The van der Waals surface area contributed by atoms with Crippen molar-refractivity contribution in [2.75, 3.05) is 12.4 Å². The lowest BCUT2D eigenvalue weighted by molar-refractivity contribution is 0.394. The SMILES string of the molecule is COc1nc(C)c(Nc2nc(Cl)cn([C@@H](C)C3CC3)c2=O)cc1C. The van der Waals surface area contributed by atoms with Gasteiger partial charge in [0.05, 0.1) is 18.5 Å². The first kappa shape index (κ1) is 16.8. The molecule has 6 nitrogen and oxygen atoms in total. The van der Waals surface area contributed by atoms with E-state index < -0.39 is 0 Å².